The molecular formula is C11H8Cl2N2O. The van der Waals surface area contributed by atoms with Crippen molar-refractivity contribution in [3.63, 3.8) is 0 Å². The second kappa shape index (κ2) is 4.28. The van der Waals surface area contributed by atoms with Crippen molar-refractivity contribution in [2.24, 2.45) is 7.05 Å². The maximum Gasteiger partial charge on any atom is 0.155 e. The monoisotopic (exact) mass is 254 g/mol. The van der Waals surface area contributed by atoms with Crippen LogP contribution in [0, 0.1) is 0 Å². The van der Waals surface area contributed by atoms with E-state index < -0.39 is 0 Å². The first-order chi connectivity index (χ1) is 7.63. The average Bonchev–Trinajstić information content (AvgIpc) is 2.56. The average molecular weight is 255 g/mol. The van der Waals surface area contributed by atoms with E-state index in [4.69, 9.17) is 23.2 Å². The first kappa shape index (κ1) is 11.2. The SMILES string of the molecule is Cn1nc(-c2ccc(Cl)cc2)c(C=O)c1Cl. The molecule has 0 bridgehead atoms. The number of aldehydes is 1. The molecule has 82 valence electrons. The molecule has 0 saturated carbocycles. The number of aromatic nitrogens is 2. The van der Waals surface area contributed by atoms with Gasteiger partial charge in [-0.25, -0.2) is 0 Å². The molecule has 0 aliphatic carbocycles. The lowest BCUT2D eigenvalue weighted by Crippen LogP contribution is -1.89. The maximum absolute atomic E-state index is 10.9. The number of hydrogen-bond acceptors (Lipinski definition) is 2. The van der Waals surface area contributed by atoms with Crippen molar-refractivity contribution < 1.29 is 4.79 Å². The third-order valence-corrected chi connectivity index (χ3v) is 2.95. The Kier molecular flexibility index (Phi) is 2.99. The fourth-order valence-electron chi connectivity index (χ4n) is 1.45. The zero-order chi connectivity index (χ0) is 11.7. The third-order valence-electron chi connectivity index (χ3n) is 2.25. The van der Waals surface area contributed by atoms with E-state index in [0.717, 1.165) is 5.56 Å². The van der Waals surface area contributed by atoms with Crippen LogP contribution in [-0.2, 0) is 7.05 Å². The molecule has 0 atom stereocenters. The number of carbonyl (C=O) groups is 1. The molecule has 2 rings (SSSR count). The van der Waals surface area contributed by atoms with E-state index in [2.05, 4.69) is 5.10 Å². The van der Waals surface area contributed by atoms with Crippen molar-refractivity contribution in [2.45, 2.75) is 0 Å². The molecule has 1 aromatic heterocycles. The highest BCUT2D eigenvalue weighted by Crippen LogP contribution is 2.27. The van der Waals surface area contributed by atoms with Crippen molar-refractivity contribution in [1.82, 2.24) is 9.78 Å². The number of carbonyl (C=O) groups excluding carboxylic acids is 1. The van der Waals surface area contributed by atoms with Crippen molar-refractivity contribution in [2.75, 3.05) is 0 Å². The van der Waals surface area contributed by atoms with Gasteiger partial charge < -0.3 is 0 Å². The van der Waals surface area contributed by atoms with E-state index in [1.807, 2.05) is 0 Å². The van der Waals surface area contributed by atoms with Crippen LogP contribution in [0.5, 0.6) is 0 Å². The number of nitrogens with zero attached hydrogens (tertiary/aromatic N) is 2. The molecule has 16 heavy (non-hydrogen) atoms. The summed E-state index contributed by atoms with van der Waals surface area (Å²) in [4.78, 5) is 10.9. The minimum atomic E-state index is 0.333. The summed E-state index contributed by atoms with van der Waals surface area (Å²) < 4.78 is 1.47. The van der Waals surface area contributed by atoms with Gasteiger partial charge in [0.2, 0.25) is 0 Å². The zero-order valence-electron chi connectivity index (χ0n) is 8.45. The van der Waals surface area contributed by atoms with E-state index >= 15 is 0 Å². The molecule has 3 nitrogen and oxygen atoms in total. The number of halogens is 2. The molecule has 0 aliphatic heterocycles. The van der Waals surface area contributed by atoms with Gasteiger partial charge in [-0.15, -0.1) is 0 Å². The molecule has 0 fully saturated rings. The van der Waals surface area contributed by atoms with E-state index in [1.165, 1.54) is 4.68 Å². The number of hydrogen-bond donors (Lipinski definition) is 0. The molecule has 0 saturated heterocycles. The van der Waals surface area contributed by atoms with Crippen LogP contribution in [0.3, 0.4) is 0 Å². The zero-order valence-corrected chi connectivity index (χ0v) is 9.96. The minimum absolute atomic E-state index is 0.333. The molecule has 0 N–H and O–H groups in total. The highest BCUT2D eigenvalue weighted by Gasteiger charge is 2.15. The molecule has 1 aromatic carbocycles. The highest BCUT2D eigenvalue weighted by atomic mass is 35.5. The fraction of sp³-hybridized carbons (Fsp3) is 0.0909. The molecule has 0 amide bonds. The van der Waals surface area contributed by atoms with Gasteiger partial charge in [0, 0.05) is 17.6 Å². The maximum atomic E-state index is 10.9. The van der Waals surface area contributed by atoms with Gasteiger partial charge in [-0.1, -0.05) is 35.3 Å². The normalized spacial score (nSPS) is 10.4. The Bertz CT molecular complexity index is 532. The lowest BCUT2D eigenvalue weighted by Gasteiger charge is -1.97. The molecule has 1 heterocycles. The summed E-state index contributed by atoms with van der Waals surface area (Å²) in [6, 6.07) is 7.09. The highest BCUT2D eigenvalue weighted by molar-refractivity contribution is 6.32. The van der Waals surface area contributed by atoms with Gasteiger partial charge in [0.05, 0.1) is 5.56 Å². The first-order valence-electron chi connectivity index (χ1n) is 4.57. The quantitative estimate of drug-likeness (QED) is 0.772. The molecule has 5 heteroatoms. The van der Waals surface area contributed by atoms with Gasteiger partial charge in [0.15, 0.2) is 6.29 Å². The van der Waals surface area contributed by atoms with Crippen LogP contribution in [0.25, 0.3) is 11.3 Å². The van der Waals surface area contributed by atoms with Crippen molar-refractivity contribution in [1.29, 1.82) is 0 Å². The summed E-state index contributed by atoms with van der Waals surface area (Å²) in [6.45, 7) is 0. The Balaban J connectivity index is 2.59. The smallest absolute Gasteiger partial charge is 0.155 e. The summed E-state index contributed by atoms with van der Waals surface area (Å²) in [7, 11) is 1.69. The van der Waals surface area contributed by atoms with Crippen molar-refractivity contribution in [3.05, 3.63) is 40.0 Å². The standard InChI is InChI=1S/C11H8Cl2N2O/c1-15-11(13)9(6-16)10(14-15)7-2-4-8(12)5-3-7/h2-6H,1H3. The Morgan fingerprint density at radius 2 is 1.88 bits per heavy atom. The number of aryl methyl sites for hydroxylation is 1. The van der Waals surface area contributed by atoms with Gasteiger partial charge in [0.25, 0.3) is 0 Å². The molecular weight excluding hydrogens is 247 g/mol. The van der Waals surface area contributed by atoms with Gasteiger partial charge >= 0.3 is 0 Å². The Hall–Kier alpha value is -1.32. The summed E-state index contributed by atoms with van der Waals surface area (Å²) in [5.41, 5.74) is 1.78. The second-order valence-electron chi connectivity index (χ2n) is 3.30. The summed E-state index contributed by atoms with van der Waals surface area (Å²) in [5.74, 6) is 0. The summed E-state index contributed by atoms with van der Waals surface area (Å²) in [6.07, 6.45) is 0.708. The largest absolute Gasteiger partial charge is 0.298 e. The van der Waals surface area contributed by atoms with Gasteiger partial charge in [-0.3, -0.25) is 9.48 Å². The van der Waals surface area contributed by atoms with Crippen LogP contribution in [-0.4, -0.2) is 16.1 Å². The molecule has 0 radical (unpaired) electrons. The van der Waals surface area contributed by atoms with Crippen LogP contribution in [0.4, 0.5) is 0 Å². The van der Waals surface area contributed by atoms with Crippen LogP contribution < -0.4 is 0 Å². The van der Waals surface area contributed by atoms with Gasteiger partial charge in [0.1, 0.15) is 10.8 Å². The van der Waals surface area contributed by atoms with E-state index in [0.29, 0.717) is 27.7 Å². The minimum Gasteiger partial charge on any atom is -0.298 e. The van der Waals surface area contributed by atoms with Crippen LogP contribution in [0.15, 0.2) is 24.3 Å². The van der Waals surface area contributed by atoms with Crippen molar-refractivity contribution >= 4 is 29.5 Å². The summed E-state index contributed by atoms with van der Waals surface area (Å²) in [5, 5.41) is 5.16. The van der Waals surface area contributed by atoms with Crippen LogP contribution >= 0.6 is 23.2 Å². The molecule has 0 spiro atoms. The fourth-order valence-corrected chi connectivity index (χ4v) is 1.74. The van der Waals surface area contributed by atoms with Crippen LogP contribution in [0.1, 0.15) is 10.4 Å². The second-order valence-corrected chi connectivity index (χ2v) is 4.10. The predicted octanol–water partition coefficient (Wildman–Crippen LogP) is 3.21. The lowest BCUT2D eigenvalue weighted by molar-refractivity contribution is 0.112. The summed E-state index contributed by atoms with van der Waals surface area (Å²) >= 11 is 11.7. The van der Waals surface area contributed by atoms with E-state index in [9.17, 15) is 4.79 Å². The number of rotatable bonds is 2. The predicted molar refractivity (Wildman–Crippen MR) is 64.1 cm³/mol. The molecule has 2 aromatic rings. The first-order valence-corrected chi connectivity index (χ1v) is 5.32. The third kappa shape index (κ3) is 1.84. The Labute approximate surface area is 103 Å². The van der Waals surface area contributed by atoms with E-state index in [1.54, 1.807) is 31.3 Å². The van der Waals surface area contributed by atoms with Crippen LogP contribution in [0.2, 0.25) is 10.2 Å². The van der Waals surface area contributed by atoms with Gasteiger partial charge in [-0.2, -0.15) is 5.10 Å². The molecule has 0 aliphatic rings. The molecule has 0 unspecified atom stereocenters. The Morgan fingerprint density at radius 1 is 1.25 bits per heavy atom. The number of benzene rings is 1. The Morgan fingerprint density at radius 3 is 2.44 bits per heavy atom. The van der Waals surface area contributed by atoms with Crippen molar-refractivity contribution in [3.8, 4) is 11.3 Å². The topological polar surface area (TPSA) is 34.9 Å². The van der Waals surface area contributed by atoms with Gasteiger partial charge in [-0.05, 0) is 12.1 Å². The lowest BCUT2D eigenvalue weighted by atomic mass is 10.1. The van der Waals surface area contributed by atoms with E-state index in [-0.39, 0.29) is 0 Å².